The second kappa shape index (κ2) is 9.69. The first-order valence-electron chi connectivity index (χ1n) is 9.79. The highest BCUT2D eigenvalue weighted by molar-refractivity contribution is 7.89. The zero-order chi connectivity index (χ0) is 20.0. The number of methoxy groups -OCH3 is 1. The number of rotatable bonds is 7. The second-order valence-electron chi connectivity index (χ2n) is 7.04. The quantitative estimate of drug-likeness (QED) is 0.718. The van der Waals surface area contributed by atoms with E-state index in [0.29, 0.717) is 38.4 Å². The minimum atomic E-state index is -3.69. The average Bonchev–Trinajstić information content (AvgIpc) is 2.74. The molecule has 2 fully saturated rings. The van der Waals surface area contributed by atoms with Crippen LogP contribution in [-0.4, -0.2) is 83.1 Å². The number of hydrogen-bond acceptors (Lipinski definition) is 6. The lowest BCUT2D eigenvalue weighted by molar-refractivity contribution is 0.0383. The molecule has 1 amide bonds. The van der Waals surface area contributed by atoms with Crippen molar-refractivity contribution in [3.8, 4) is 5.75 Å². The summed E-state index contributed by atoms with van der Waals surface area (Å²) in [5.41, 5.74) is 0.318. The van der Waals surface area contributed by atoms with Crippen molar-refractivity contribution in [1.29, 1.82) is 0 Å². The topological polar surface area (TPSA) is 88.2 Å². The number of amides is 1. The maximum atomic E-state index is 13.1. The standard InChI is InChI=1S/C19H29N3O5S/c1-26-17-6-5-16(19(23)20-7-10-21-11-13-27-14-12-21)15-18(17)28(24,25)22-8-3-2-4-9-22/h5-6,15H,2-4,7-14H2,1H3,(H,20,23). The van der Waals surface area contributed by atoms with E-state index >= 15 is 0 Å². The van der Waals surface area contributed by atoms with Crippen LogP contribution in [0.5, 0.6) is 5.75 Å². The van der Waals surface area contributed by atoms with E-state index in [-0.39, 0.29) is 16.6 Å². The van der Waals surface area contributed by atoms with Gasteiger partial charge in [-0.05, 0) is 31.0 Å². The van der Waals surface area contributed by atoms with Crippen molar-refractivity contribution in [3.05, 3.63) is 23.8 Å². The van der Waals surface area contributed by atoms with E-state index in [2.05, 4.69) is 10.2 Å². The summed E-state index contributed by atoms with van der Waals surface area (Å²) < 4.78 is 38.2. The number of hydrogen-bond donors (Lipinski definition) is 1. The Morgan fingerprint density at radius 2 is 1.86 bits per heavy atom. The second-order valence-corrected chi connectivity index (χ2v) is 8.95. The van der Waals surface area contributed by atoms with Crippen LogP contribution in [0.4, 0.5) is 0 Å². The Bertz CT molecular complexity index is 772. The number of nitrogens with one attached hydrogen (secondary N) is 1. The Labute approximate surface area is 166 Å². The first-order chi connectivity index (χ1) is 13.5. The van der Waals surface area contributed by atoms with Gasteiger partial charge in [0.2, 0.25) is 10.0 Å². The molecular weight excluding hydrogens is 382 g/mol. The van der Waals surface area contributed by atoms with Crippen molar-refractivity contribution in [2.24, 2.45) is 0 Å². The molecule has 3 rings (SSSR count). The molecule has 28 heavy (non-hydrogen) atoms. The van der Waals surface area contributed by atoms with Gasteiger partial charge < -0.3 is 14.8 Å². The predicted octanol–water partition coefficient (Wildman–Crippen LogP) is 0.932. The molecular formula is C19H29N3O5S. The van der Waals surface area contributed by atoms with Crippen LogP contribution in [0.1, 0.15) is 29.6 Å². The number of piperidine rings is 1. The Morgan fingerprint density at radius 1 is 1.14 bits per heavy atom. The van der Waals surface area contributed by atoms with Gasteiger partial charge in [0.25, 0.3) is 5.91 Å². The van der Waals surface area contributed by atoms with Gasteiger partial charge in [-0.1, -0.05) is 6.42 Å². The number of carbonyl (C=O) groups excluding carboxylic acids is 1. The molecule has 0 bridgehead atoms. The van der Waals surface area contributed by atoms with Gasteiger partial charge in [0.05, 0.1) is 20.3 Å². The smallest absolute Gasteiger partial charge is 0.251 e. The summed E-state index contributed by atoms with van der Waals surface area (Å²) in [6.45, 7) is 5.38. The number of sulfonamides is 1. The molecule has 8 nitrogen and oxygen atoms in total. The molecule has 2 aliphatic heterocycles. The Morgan fingerprint density at radius 3 is 2.54 bits per heavy atom. The van der Waals surface area contributed by atoms with Crippen LogP contribution >= 0.6 is 0 Å². The van der Waals surface area contributed by atoms with Gasteiger partial charge in [-0.25, -0.2) is 8.42 Å². The molecule has 156 valence electrons. The van der Waals surface area contributed by atoms with E-state index in [9.17, 15) is 13.2 Å². The summed E-state index contributed by atoms with van der Waals surface area (Å²) in [6.07, 6.45) is 2.74. The van der Waals surface area contributed by atoms with Gasteiger partial charge in [0, 0.05) is 44.8 Å². The van der Waals surface area contributed by atoms with Gasteiger partial charge in [0.15, 0.2) is 0 Å². The van der Waals surface area contributed by atoms with Gasteiger partial charge in [-0.15, -0.1) is 0 Å². The van der Waals surface area contributed by atoms with Crippen LogP contribution in [0.3, 0.4) is 0 Å². The van der Waals surface area contributed by atoms with E-state index in [1.807, 2.05) is 0 Å². The van der Waals surface area contributed by atoms with E-state index in [4.69, 9.17) is 9.47 Å². The van der Waals surface area contributed by atoms with Crippen LogP contribution in [0.15, 0.2) is 23.1 Å². The molecule has 0 radical (unpaired) electrons. The monoisotopic (exact) mass is 411 g/mol. The Balaban J connectivity index is 1.69. The molecule has 1 N–H and O–H groups in total. The summed E-state index contributed by atoms with van der Waals surface area (Å²) >= 11 is 0. The summed E-state index contributed by atoms with van der Waals surface area (Å²) in [5.74, 6) is -0.0264. The highest BCUT2D eigenvalue weighted by Crippen LogP contribution is 2.29. The van der Waals surface area contributed by atoms with E-state index in [0.717, 1.165) is 38.9 Å². The van der Waals surface area contributed by atoms with Gasteiger partial charge in [0.1, 0.15) is 10.6 Å². The van der Waals surface area contributed by atoms with Crippen molar-refractivity contribution >= 4 is 15.9 Å². The third kappa shape index (κ3) is 5.02. The average molecular weight is 412 g/mol. The third-order valence-corrected chi connectivity index (χ3v) is 7.10. The largest absolute Gasteiger partial charge is 0.495 e. The molecule has 0 unspecified atom stereocenters. The Kier molecular flexibility index (Phi) is 7.28. The van der Waals surface area contributed by atoms with Gasteiger partial charge >= 0.3 is 0 Å². The fraction of sp³-hybridized carbons (Fsp3) is 0.632. The Hall–Kier alpha value is -1.68. The van der Waals surface area contributed by atoms with E-state index < -0.39 is 10.0 Å². The van der Waals surface area contributed by atoms with Crippen molar-refractivity contribution < 1.29 is 22.7 Å². The van der Waals surface area contributed by atoms with Crippen molar-refractivity contribution in [1.82, 2.24) is 14.5 Å². The lowest BCUT2D eigenvalue weighted by atomic mass is 10.2. The molecule has 0 spiro atoms. The minimum absolute atomic E-state index is 0.0535. The number of ether oxygens (including phenoxy) is 2. The van der Waals surface area contributed by atoms with Crippen LogP contribution in [-0.2, 0) is 14.8 Å². The minimum Gasteiger partial charge on any atom is -0.495 e. The highest BCUT2D eigenvalue weighted by atomic mass is 32.2. The molecule has 0 aliphatic carbocycles. The molecule has 2 aliphatic rings. The lowest BCUT2D eigenvalue weighted by Gasteiger charge is -2.27. The first kappa shape index (κ1) is 21.0. The zero-order valence-corrected chi connectivity index (χ0v) is 17.2. The molecule has 2 heterocycles. The van der Waals surface area contributed by atoms with Gasteiger partial charge in [-0.2, -0.15) is 4.31 Å². The van der Waals surface area contributed by atoms with Crippen molar-refractivity contribution in [2.45, 2.75) is 24.2 Å². The fourth-order valence-electron chi connectivity index (χ4n) is 3.52. The highest BCUT2D eigenvalue weighted by Gasteiger charge is 2.29. The summed E-state index contributed by atoms with van der Waals surface area (Å²) in [6, 6.07) is 4.57. The lowest BCUT2D eigenvalue weighted by Crippen LogP contribution is -2.41. The zero-order valence-electron chi connectivity index (χ0n) is 16.4. The number of morpholine rings is 1. The van der Waals surface area contributed by atoms with Crippen LogP contribution in [0.2, 0.25) is 0 Å². The predicted molar refractivity (Wildman–Crippen MR) is 105 cm³/mol. The summed E-state index contributed by atoms with van der Waals surface area (Å²) in [7, 11) is -2.26. The molecule has 0 aromatic heterocycles. The van der Waals surface area contributed by atoms with Crippen LogP contribution < -0.4 is 10.1 Å². The summed E-state index contributed by atoms with van der Waals surface area (Å²) in [5, 5.41) is 2.87. The molecule has 0 saturated carbocycles. The van der Waals surface area contributed by atoms with Crippen molar-refractivity contribution in [3.63, 3.8) is 0 Å². The number of carbonyl (C=O) groups is 1. The SMILES string of the molecule is COc1ccc(C(=O)NCCN2CCOCC2)cc1S(=O)(=O)N1CCCCC1. The first-order valence-corrected chi connectivity index (χ1v) is 11.2. The third-order valence-electron chi connectivity index (χ3n) is 5.18. The molecule has 0 atom stereocenters. The maximum Gasteiger partial charge on any atom is 0.251 e. The van der Waals surface area contributed by atoms with Gasteiger partial charge in [-0.3, -0.25) is 9.69 Å². The fourth-order valence-corrected chi connectivity index (χ4v) is 5.22. The number of benzene rings is 1. The van der Waals surface area contributed by atoms with Crippen LogP contribution in [0, 0.1) is 0 Å². The number of nitrogens with zero attached hydrogens (tertiary/aromatic N) is 2. The molecule has 1 aromatic rings. The van der Waals surface area contributed by atoms with Crippen LogP contribution in [0.25, 0.3) is 0 Å². The van der Waals surface area contributed by atoms with E-state index in [1.165, 1.54) is 17.5 Å². The maximum absolute atomic E-state index is 13.1. The molecule has 9 heteroatoms. The van der Waals surface area contributed by atoms with Crippen molar-refractivity contribution in [2.75, 3.05) is 59.6 Å². The van der Waals surface area contributed by atoms with E-state index in [1.54, 1.807) is 12.1 Å². The summed E-state index contributed by atoms with van der Waals surface area (Å²) in [4.78, 5) is 14.8. The molecule has 2 saturated heterocycles. The molecule has 1 aromatic carbocycles. The normalized spacial score (nSPS) is 19.3.